The molecule has 2 nitrogen and oxygen atoms in total. The van der Waals surface area contributed by atoms with Gasteiger partial charge in [0.2, 0.25) is 0 Å². The second-order valence-corrected chi connectivity index (χ2v) is 5.41. The van der Waals surface area contributed by atoms with Crippen LogP contribution in [0.3, 0.4) is 0 Å². The lowest BCUT2D eigenvalue weighted by molar-refractivity contribution is 0.362. The molecule has 1 aromatic carbocycles. The Bertz CT molecular complexity index is 615. The summed E-state index contributed by atoms with van der Waals surface area (Å²) in [5.41, 5.74) is 3.88. The lowest BCUT2D eigenvalue weighted by Gasteiger charge is -2.04. The minimum absolute atomic E-state index is 0.632. The summed E-state index contributed by atoms with van der Waals surface area (Å²) in [6.07, 6.45) is 8.60. The van der Waals surface area contributed by atoms with Crippen LogP contribution in [0.5, 0.6) is 5.75 Å². The van der Waals surface area contributed by atoms with Crippen molar-refractivity contribution in [2.75, 3.05) is 6.61 Å². The molecular formula is C18H23NO. The fourth-order valence-electron chi connectivity index (χ4n) is 2.09. The van der Waals surface area contributed by atoms with Gasteiger partial charge in [-0.15, -0.1) is 0 Å². The van der Waals surface area contributed by atoms with Gasteiger partial charge < -0.3 is 9.72 Å². The zero-order valence-corrected chi connectivity index (χ0v) is 12.6. The van der Waals surface area contributed by atoms with E-state index < -0.39 is 0 Å². The highest BCUT2D eigenvalue weighted by molar-refractivity contribution is 5.80. The standard InChI is InChI=1S/C18H23NO/c1-14(2)5-4-6-15(3)10-12-20-17-8-7-16-9-11-19-18(16)13-17/h5,7-11,13,19H,4,6,12H2,1-3H3/b15-10+. The molecule has 0 fully saturated rings. The maximum absolute atomic E-state index is 5.77. The van der Waals surface area contributed by atoms with Gasteiger partial charge in [0.25, 0.3) is 0 Å². The van der Waals surface area contributed by atoms with Crippen LogP contribution in [0, 0.1) is 0 Å². The molecule has 0 aliphatic heterocycles. The molecule has 0 saturated heterocycles. The van der Waals surface area contributed by atoms with Crippen LogP contribution in [0.1, 0.15) is 33.6 Å². The smallest absolute Gasteiger partial charge is 0.121 e. The highest BCUT2D eigenvalue weighted by Gasteiger charge is 1.97. The molecule has 0 aliphatic rings. The molecule has 2 heteroatoms. The van der Waals surface area contributed by atoms with E-state index in [9.17, 15) is 0 Å². The fourth-order valence-corrected chi connectivity index (χ4v) is 2.09. The van der Waals surface area contributed by atoms with Crippen molar-refractivity contribution in [2.45, 2.75) is 33.6 Å². The maximum atomic E-state index is 5.77. The minimum Gasteiger partial charge on any atom is -0.489 e. The first kappa shape index (κ1) is 14.4. The molecule has 0 atom stereocenters. The number of fused-ring (bicyclic) bond motifs is 1. The van der Waals surface area contributed by atoms with E-state index in [1.54, 1.807) is 0 Å². The van der Waals surface area contributed by atoms with Crippen LogP contribution in [0.25, 0.3) is 10.9 Å². The third-order valence-electron chi connectivity index (χ3n) is 3.30. The van der Waals surface area contributed by atoms with Crippen molar-refractivity contribution in [1.82, 2.24) is 4.98 Å². The van der Waals surface area contributed by atoms with Gasteiger partial charge in [-0.2, -0.15) is 0 Å². The Balaban J connectivity index is 1.83. The van der Waals surface area contributed by atoms with Crippen LogP contribution in [-0.4, -0.2) is 11.6 Å². The number of H-pyrrole nitrogens is 1. The molecule has 1 heterocycles. The second-order valence-electron chi connectivity index (χ2n) is 5.41. The summed E-state index contributed by atoms with van der Waals surface area (Å²) in [6, 6.07) is 8.20. The van der Waals surface area contributed by atoms with Gasteiger partial charge in [0, 0.05) is 17.8 Å². The van der Waals surface area contributed by atoms with E-state index in [0.717, 1.165) is 24.1 Å². The zero-order valence-electron chi connectivity index (χ0n) is 12.6. The van der Waals surface area contributed by atoms with Crippen molar-refractivity contribution in [1.29, 1.82) is 0 Å². The topological polar surface area (TPSA) is 25.0 Å². The van der Waals surface area contributed by atoms with Gasteiger partial charge >= 0.3 is 0 Å². The zero-order chi connectivity index (χ0) is 14.4. The number of allylic oxidation sites excluding steroid dienone is 3. The number of hydrogen-bond donors (Lipinski definition) is 1. The SMILES string of the molecule is CC(C)=CCC/C(C)=C/COc1ccc2cc[nH]c2c1. The first-order valence-corrected chi connectivity index (χ1v) is 7.14. The Labute approximate surface area is 121 Å². The average molecular weight is 269 g/mol. The van der Waals surface area contributed by atoms with Crippen molar-refractivity contribution in [3.63, 3.8) is 0 Å². The van der Waals surface area contributed by atoms with Crippen molar-refractivity contribution in [3.8, 4) is 5.75 Å². The van der Waals surface area contributed by atoms with Crippen molar-refractivity contribution < 1.29 is 4.74 Å². The molecule has 0 unspecified atom stereocenters. The van der Waals surface area contributed by atoms with E-state index >= 15 is 0 Å². The van der Waals surface area contributed by atoms with Crippen LogP contribution in [0.4, 0.5) is 0 Å². The van der Waals surface area contributed by atoms with E-state index in [-0.39, 0.29) is 0 Å². The van der Waals surface area contributed by atoms with Gasteiger partial charge in [-0.1, -0.05) is 17.2 Å². The van der Waals surface area contributed by atoms with Gasteiger partial charge in [-0.3, -0.25) is 0 Å². The first-order valence-electron chi connectivity index (χ1n) is 7.14. The van der Waals surface area contributed by atoms with Crippen molar-refractivity contribution in [2.24, 2.45) is 0 Å². The van der Waals surface area contributed by atoms with Gasteiger partial charge in [0.05, 0.1) is 0 Å². The highest BCUT2D eigenvalue weighted by atomic mass is 16.5. The highest BCUT2D eigenvalue weighted by Crippen LogP contribution is 2.19. The molecule has 1 aromatic heterocycles. The number of aromatic amines is 1. The number of hydrogen-bond acceptors (Lipinski definition) is 1. The molecule has 0 bridgehead atoms. The Kier molecular flexibility index (Phi) is 5.05. The molecular weight excluding hydrogens is 246 g/mol. The average Bonchev–Trinajstić information content (AvgIpc) is 2.85. The Morgan fingerprint density at radius 2 is 2.00 bits per heavy atom. The maximum Gasteiger partial charge on any atom is 0.121 e. The van der Waals surface area contributed by atoms with E-state index in [4.69, 9.17) is 4.74 Å². The lowest BCUT2D eigenvalue weighted by Crippen LogP contribution is -1.94. The number of benzene rings is 1. The molecule has 0 aliphatic carbocycles. The van der Waals surface area contributed by atoms with Gasteiger partial charge in [-0.25, -0.2) is 0 Å². The number of ether oxygens (including phenoxy) is 1. The first-order chi connectivity index (χ1) is 9.65. The second kappa shape index (κ2) is 6.99. The Morgan fingerprint density at radius 3 is 2.80 bits per heavy atom. The quantitative estimate of drug-likeness (QED) is 0.713. The molecule has 0 spiro atoms. The largest absolute Gasteiger partial charge is 0.489 e. The molecule has 2 aromatic rings. The molecule has 106 valence electrons. The predicted octanol–water partition coefficient (Wildman–Crippen LogP) is 5.24. The van der Waals surface area contributed by atoms with E-state index in [2.05, 4.69) is 50.0 Å². The number of rotatable bonds is 6. The summed E-state index contributed by atoms with van der Waals surface area (Å²) < 4.78 is 5.77. The van der Waals surface area contributed by atoms with Crippen molar-refractivity contribution >= 4 is 10.9 Å². The van der Waals surface area contributed by atoms with Crippen LogP contribution in [-0.2, 0) is 0 Å². The summed E-state index contributed by atoms with van der Waals surface area (Å²) >= 11 is 0. The van der Waals surface area contributed by atoms with Crippen LogP contribution in [0.15, 0.2) is 53.8 Å². The summed E-state index contributed by atoms with van der Waals surface area (Å²) in [4.78, 5) is 3.20. The van der Waals surface area contributed by atoms with E-state index in [1.165, 1.54) is 16.5 Å². The van der Waals surface area contributed by atoms with Gasteiger partial charge in [-0.05, 0) is 63.3 Å². The Hall–Kier alpha value is -1.96. The Morgan fingerprint density at radius 1 is 1.15 bits per heavy atom. The summed E-state index contributed by atoms with van der Waals surface area (Å²) in [5.74, 6) is 0.910. The number of aromatic nitrogens is 1. The molecule has 2 rings (SSSR count). The van der Waals surface area contributed by atoms with Gasteiger partial charge in [0.1, 0.15) is 12.4 Å². The van der Waals surface area contributed by atoms with Gasteiger partial charge in [0.15, 0.2) is 0 Å². The lowest BCUT2D eigenvalue weighted by atomic mass is 10.1. The molecule has 0 saturated carbocycles. The fraction of sp³-hybridized carbons (Fsp3) is 0.333. The third-order valence-corrected chi connectivity index (χ3v) is 3.30. The minimum atomic E-state index is 0.632. The molecule has 0 amide bonds. The normalized spacial score (nSPS) is 11.7. The van der Waals surface area contributed by atoms with Crippen LogP contribution < -0.4 is 4.74 Å². The third kappa shape index (κ3) is 4.30. The van der Waals surface area contributed by atoms with Crippen LogP contribution >= 0.6 is 0 Å². The molecule has 0 radical (unpaired) electrons. The van der Waals surface area contributed by atoms with Crippen LogP contribution in [0.2, 0.25) is 0 Å². The predicted molar refractivity (Wildman–Crippen MR) is 86.2 cm³/mol. The molecule has 1 N–H and O–H groups in total. The summed E-state index contributed by atoms with van der Waals surface area (Å²) in [7, 11) is 0. The summed E-state index contributed by atoms with van der Waals surface area (Å²) in [6.45, 7) is 7.07. The summed E-state index contributed by atoms with van der Waals surface area (Å²) in [5, 5.41) is 1.21. The molecule has 20 heavy (non-hydrogen) atoms. The van der Waals surface area contributed by atoms with E-state index in [0.29, 0.717) is 6.61 Å². The monoisotopic (exact) mass is 269 g/mol. The van der Waals surface area contributed by atoms with E-state index in [1.807, 2.05) is 18.3 Å². The van der Waals surface area contributed by atoms with Crippen molar-refractivity contribution in [3.05, 3.63) is 53.8 Å². The number of nitrogens with one attached hydrogen (secondary N) is 1.